The number of methoxy groups -OCH3 is 1. The summed E-state index contributed by atoms with van der Waals surface area (Å²) in [5, 5.41) is 3.53. The molecule has 1 aromatic carbocycles. The Kier molecular flexibility index (Phi) is 5.16. The van der Waals surface area contributed by atoms with Crippen LogP contribution in [0.3, 0.4) is 0 Å². The molecule has 3 nitrogen and oxygen atoms in total. The molecule has 0 saturated carbocycles. The molecule has 0 spiro atoms. The standard InChI is InChI=1S/C15H23FN2O/c1-3-4-13-11-18(8-7-17-13)10-12-5-6-15(19-2)14(16)9-12/h5-6,9,13,17H,3-4,7-8,10-11H2,1-2H3. The molecule has 1 aliphatic rings. The molecule has 0 aromatic heterocycles. The lowest BCUT2D eigenvalue weighted by atomic mass is 10.1. The molecule has 1 N–H and O–H groups in total. The van der Waals surface area contributed by atoms with Gasteiger partial charge in [0.05, 0.1) is 7.11 Å². The van der Waals surface area contributed by atoms with Gasteiger partial charge in [0.15, 0.2) is 11.6 Å². The highest BCUT2D eigenvalue weighted by Gasteiger charge is 2.18. The molecule has 0 bridgehead atoms. The quantitative estimate of drug-likeness (QED) is 0.885. The van der Waals surface area contributed by atoms with Crippen molar-refractivity contribution in [2.24, 2.45) is 0 Å². The van der Waals surface area contributed by atoms with Crippen molar-refractivity contribution in [1.29, 1.82) is 0 Å². The number of benzene rings is 1. The van der Waals surface area contributed by atoms with Gasteiger partial charge in [0.1, 0.15) is 0 Å². The molecule has 0 amide bonds. The van der Waals surface area contributed by atoms with E-state index in [9.17, 15) is 4.39 Å². The number of ether oxygens (including phenoxy) is 1. The molecular formula is C15H23FN2O. The fraction of sp³-hybridized carbons (Fsp3) is 0.600. The summed E-state index contributed by atoms with van der Waals surface area (Å²) in [6, 6.07) is 5.80. The maximum absolute atomic E-state index is 13.6. The van der Waals surface area contributed by atoms with Crippen LogP contribution in [-0.2, 0) is 6.54 Å². The predicted molar refractivity (Wildman–Crippen MR) is 74.9 cm³/mol. The summed E-state index contributed by atoms with van der Waals surface area (Å²) in [6.07, 6.45) is 2.40. The largest absolute Gasteiger partial charge is 0.494 e. The first-order valence-corrected chi connectivity index (χ1v) is 7.01. The fourth-order valence-electron chi connectivity index (χ4n) is 2.65. The maximum Gasteiger partial charge on any atom is 0.165 e. The lowest BCUT2D eigenvalue weighted by Gasteiger charge is -2.33. The van der Waals surface area contributed by atoms with E-state index in [-0.39, 0.29) is 5.82 Å². The summed E-state index contributed by atoms with van der Waals surface area (Å²) in [7, 11) is 1.49. The van der Waals surface area contributed by atoms with Crippen LogP contribution in [0.25, 0.3) is 0 Å². The second kappa shape index (κ2) is 6.87. The van der Waals surface area contributed by atoms with Gasteiger partial charge in [0.2, 0.25) is 0 Å². The zero-order valence-corrected chi connectivity index (χ0v) is 11.8. The molecule has 0 aliphatic carbocycles. The Morgan fingerprint density at radius 2 is 2.32 bits per heavy atom. The number of hydrogen-bond donors (Lipinski definition) is 1. The first-order valence-electron chi connectivity index (χ1n) is 7.01. The zero-order chi connectivity index (χ0) is 13.7. The summed E-state index contributed by atoms with van der Waals surface area (Å²) in [5.74, 6) is 0.0353. The minimum Gasteiger partial charge on any atom is -0.494 e. The first-order chi connectivity index (χ1) is 9.22. The Bertz CT molecular complexity index is 409. The molecule has 0 radical (unpaired) electrons. The molecule has 4 heteroatoms. The van der Waals surface area contributed by atoms with E-state index in [1.807, 2.05) is 6.07 Å². The second-order valence-electron chi connectivity index (χ2n) is 5.14. The number of nitrogens with zero attached hydrogens (tertiary/aromatic N) is 1. The van der Waals surface area contributed by atoms with E-state index < -0.39 is 0 Å². The molecule has 1 saturated heterocycles. The molecule has 1 heterocycles. The number of rotatable bonds is 5. The number of nitrogens with one attached hydrogen (secondary N) is 1. The SMILES string of the molecule is CCCC1CN(Cc2ccc(OC)c(F)c2)CCN1. The van der Waals surface area contributed by atoms with E-state index in [1.165, 1.54) is 20.0 Å². The fourth-order valence-corrected chi connectivity index (χ4v) is 2.65. The average molecular weight is 266 g/mol. The second-order valence-corrected chi connectivity index (χ2v) is 5.14. The van der Waals surface area contributed by atoms with Gasteiger partial charge in [-0.05, 0) is 24.1 Å². The first kappa shape index (κ1) is 14.3. The van der Waals surface area contributed by atoms with Crippen LogP contribution in [0.4, 0.5) is 4.39 Å². The molecule has 1 aliphatic heterocycles. The van der Waals surface area contributed by atoms with Crippen molar-refractivity contribution in [3.05, 3.63) is 29.6 Å². The van der Waals surface area contributed by atoms with E-state index in [1.54, 1.807) is 12.1 Å². The van der Waals surface area contributed by atoms with Gasteiger partial charge < -0.3 is 10.1 Å². The van der Waals surface area contributed by atoms with Gasteiger partial charge in [-0.25, -0.2) is 4.39 Å². The molecule has 2 rings (SSSR count). The summed E-state index contributed by atoms with van der Waals surface area (Å²) >= 11 is 0. The van der Waals surface area contributed by atoms with Crippen molar-refractivity contribution in [2.75, 3.05) is 26.7 Å². The summed E-state index contributed by atoms with van der Waals surface area (Å²) < 4.78 is 18.6. The van der Waals surface area contributed by atoms with Gasteiger partial charge in [-0.3, -0.25) is 4.90 Å². The molecule has 106 valence electrons. The molecule has 1 unspecified atom stereocenters. The van der Waals surface area contributed by atoms with Gasteiger partial charge in [-0.2, -0.15) is 0 Å². The third-order valence-corrected chi connectivity index (χ3v) is 3.60. The monoisotopic (exact) mass is 266 g/mol. The topological polar surface area (TPSA) is 24.5 Å². The third kappa shape index (κ3) is 3.91. The maximum atomic E-state index is 13.6. The number of hydrogen-bond acceptors (Lipinski definition) is 3. The molecule has 19 heavy (non-hydrogen) atoms. The number of piperazine rings is 1. The van der Waals surface area contributed by atoms with Crippen LogP contribution in [0.15, 0.2) is 18.2 Å². The van der Waals surface area contributed by atoms with Crippen LogP contribution in [0.1, 0.15) is 25.3 Å². The highest BCUT2D eigenvalue weighted by atomic mass is 19.1. The average Bonchev–Trinajstić information content (AvgIpc) is 2.40. The van der Waals surface area contributed by atoms with E-state index in [4.69, 9.17) is 4.74 Å². The number of halogens is 1. The molecular weight excluding hydrogens is 243 g/mol. The van der Waals surface area contributed by atoms with Gasteiger partial charge >= 0.3 is 0 Å². The summed E-state index contributed by atoms with van der Waals surface area (Å²) in [4.78, 5) is 2.39. The third-order valence-electron chi connectivity index (χ3n) is 3.60. The highest BCUT2D eigenvalue weighted by molar-refractivity contribution is 5.29. The Morgan fingerprint density at radius 1 is 1.47 bits per heavy atom. The highest BCUT2D eigenvalue weighted by Crippen LogP contribution is 2.19. The molecule has 1 aromatic rings. The van der Waals surface area contributed by atoms with Gasteiger partial charge in [0.25, 0.3) is 0 Å². The molecule has 1 fully saturated rings. The Hall–Kier alpha value is -1.13. The van der Waals surface area contributed by atoms with E-state index >= 15 is 0 Å². The smallest absolute Gasteiger partial charge is 0.165 e. The Balaban J connectivity index is 1.94. The summed E-state index contributed by atoms with van der Waals surface area (Å²) in [5.41, 5.74) is 1.01. The van der Waals surface area contributed by atoms with Crippen molar-refractivity contribution < 1.29 is 9.13 Å². The van der Waals surface area contributed by atoms with Crippen LogP contribution in [0.2, 0.25) is 0 Å². The van der Waals surface area contributed by atoms with Gasteiger partial charge in [0, 0.05) is 32.2 Å². The predicted octanol–water partition coefficient (Wildman–Crippen LogP) is 2.41. The van der Waals surface area contributed by atoms with E-state index in [2.05, 4.69) is 17.1 Å². The lowest BCUT2D eigenvalue weighted by Crippen LogP contribution is -2.50. The Labute approximate surface area is 114 Å². The minimum atomic E-state index is -0.278. The molecule has 1 atom stereocenters. The van der Waals surface area contributed by atoms with Gasteiger partial charge in [-0.1, -0.05) is 19.4 Å². The van der Waals surface area contributed by atoms with Crippen LogP contribution >= 0.6 is 0 Å². The van der Waals surface area contributed by atoms with Crippen molar-refractivity contribution >= 4 is 0 Å². The lowest BCUT2D eigenvalue weighted by molar-refractivity contribution is 0.186. The van der Waals surface area contributed by atoms with E-state index in [0.29, 0.717) is 11.8 Å². The normalized spacial score (nSPS) is 20.5. The van der Waals surface area contributed by atoms with Crippen molar-refractivity contribution in [1.82, 2.24) is 10.2 Å². The summed E-state index contributed by atoms with van der Waals surface area (Å²) in [6.45, 7) is 6.10. The van der Waals surface area contributed by atoms with Crippen LogP contribution in [0.5, 0.6) is 5.75 Å². The van der Waals surface area contributed by atoms with Crippen molar-refractivity contribution in [3.63, 3.8) is 0 Å². The van der Waals surface area contributed by atoms with Crippen molar-refractivity contribution in [3.8, 4) is 5.75 Å². The van der Waals surface area contributed by atoms with Gasteiger partial charge in [-0.15, -0.1) is 0 Å². The van der Waals surface area contributed by atoms with Crippen LogP contribution in [0, 0.1) is 5.82 Å². The van der Waals surface area contributed by atoms with E-state index in [0.717, 1.165) is 31.7 Å². The Morgan fingerprint density at radius 3 is 3.00 bits per heavy atom. The van der Waals surface area contributed by atoms with Crippen LogP contribution < -0.4 is 10.1 Å². The minimum absolute atomic E-state index is 0.278. The zero-order valence-electron chi connectivity index (χ0n) is 11.8. The van der Waals surface area contributed by atoms with Crippen LogP contribution in [-0.4, -0.2) is 37.7 Å². The van der Waals surface area contributed by atoms with Crippen molar-refractivity contribution in [2.45, 2.75) is 32.4 Å².